The highest BCUT2D eigenvalue weighted by atomic mass is 16.2. The van der Waals surface area contributed by atoms with Crippen molar-refractivity contribution < 1.29 is 4.79 Å². The van der Waals surface area contributed by atoms with Crippen LogP contribution in [0.15, 0.2) is 0 Å². The fraction of sp³-hybridized carbons (Fsp3) is 0.917. The third kappa shape index (κ3) is 2.95. The fourth-order valence-corrected chi connectivity index (χ4v) is 2.65. The molecular weight excluding hydrogens is 202 g/mol. The number of hydrogen-bond acceptors (Lipinski definition) is 3. The van der Waals surface area contributed by atoms with Crippen molar-refractivity contribution >= 4 is 5.91 Å². The minimum Gasteiger partial charge on any atom is -0.340 e. The van der Waals surface area contributed by atoms with Crippen LogP contribution in [-0.4, -0.2) is 54.5 Å². The molecule has 1 atom stereocenters. The van der Waals surface area contributed by atoms with Crippen LogP contribution in [-0.2, 0) is 4.79 Å². The lowest BCUT2D eigenvalue weighted by atomic mass is 10.1. The zero-order valence-electron chi connectivity index (χ0n) is 10.2. The first-order valence-electron chi connectivity index (χ1n) is 6.40. The van der Waals surface area contributed by atoms with Crippen molar-refractivity contribution in [1.29, 1.82) is 0 Å². The van der Waals surface area contributed by atoms with Gasteiger partial charge in [0, 0.05) is 39.1 Å². The van der Waals surface area contributed by atoms with Gasteiger partial charge in [0.2, 0.25) is 5.91 Å². The summed E-state index contributed by atoms with van der Waals surface area (Å²) in [7, 11) is 0. The minimum atomic E-state index is 0.250. The summed E-state index contributed by atoms with van der Waals surface area (Å²) >= 11 is 0. The van der Waals surface area contributed by atoms with Crippen LogP contribution in [0.4, 0.5) is 0 Å². The van der Waals surface area contributed by atoms with E-state index in [0.29, 0.717) is 12.0 Å². The van der Waals surface area contributed by atoms with Crippen LogP contribution in [0.3, 0.4) is 0 Å². The number of rotatable bonds is 5. The van der Waals surface area contributed by atoms with Crippen LogP contribution in [0, 0.1) is 5.92 Å². The first kappa shape index (κ1) is 11.9. The molecule has 1 amide bonds. The number of hydrogen-bond donors (Lipinski definition) is 1. The second-order valence-corrected chi connectivity index (χ2v) is 5.15. The highest BCUT2D eigenvalue weighted by Crippen LogP contribution is 2.29. The van der Waals surface area contributed by atoms with Gasteiger partial charge in [-0.25, -0.2) is 0 Å². The third-order valence-corrected chi connectivity index (χ3v) is 3.66. The molecule has 2 aliphatic rings. The van der Waals surface area contributed by atoms with Gasteiger partial charge < -0.3 is 15.5 Å². The Balaban J connectivity index is 1.78. The molecule has 1 saturated heterocycles. The molecule has 0 spiro atoms. The van der Waals surface area contributed by atoms with Gasteiger partial charge in [0.25, 0.3) is 0 Å². The van der Waals surface area contributed by atoms with Gasteiger partial charge in [-0.2, -0.15) is 0 Å². The molecule has 0 radical (unpaired) electrons. The second-order valence-electron chi connectivity index (χ2n) is 5.15. The zero-order valence-corrected chi connectivity index (χ0v) is 10.2. The van der Waals surface area contributed by atoms with Crippen LogP contribution in [0.25, 0.3) is 0 Å². The van der Waals surface area contributed by atoms with E-state index >= 15 is 0 Å². The summed E-state index contributed by atoms with van der Waals surface area (Å²) in [6.45, 7) is 6.67. The average Bonchev–Trinajstić information content (AvgIpc) is 2.97. The molecule has 0 aromatic heterocycles. The van der Waals surface area contributed by atoms with E-state index in [1.54, 1.807) is 6.92 Å². The monoisotopic (exact) mass is 225 g/mol. The first-order chi connectivity index (χ1) is 7.70. The number of carbonyl (C=O) groups is 1. The van der Waals surface area contributed by atoms with E-state index in [2.05, 4.69) is 9.80 Å². The van der Waals surface area contributed by atoms with E-state index in [9.17, 15) is 4.79 Å². The van der Waals surface area contributed by atoms with Crippen LogP contribution in [0.2, 0.25) is 0 Å². The molecule has 2 fully saturated rings. The SMILES string of the molecule is CC(=O)N(C[C@@H]1CCN(CCN)C1)C1CC1. The van der Waals surface area contributed by atoms with Gasteiger partial charge in [0.05, 0.1) is 0 Å². The van der Waals surface area contributed by atoms with Crippen molar-refractivity contribution in [1.82, 2.24) is 9.80 Å². The summed E-state index contributed by atoms with van der Waals surface area (Å²) < 4.78 is 0. The third-order valence-electron chi connectivity index (χ3n) is 3.66. The maximum atomic E-state index is 11.5. The quantitative estimate of drug-likeness (QED) is 0.731. The van der Waals surface area contributed by atoms with E-state index < -0.39 is 0 Å². The second kappa shape index (κ2) is 5.15. The van der Waals surface area contributed by atoms with Crippen molar-refractivity contribution in [2.45, 2.75) is 32.2 Å². The van der Waals surface area contributed by atoms with Crippen LogP contribution in [0.5, 0.6) is 0 Å². The van der Waals surface area contributed by atoms with Gasteiger partial charge in [-0.3, -0.25) is 4.79 Å². The molecule has 2 N–H and O–H groups in total. The highest BCUT2D eigenvalue weighted by molar-refractivity contribution is 5.74. The Hall–Kier alpha value is -0.610. The van der Waals surface area contributed by atoms with Crippen LogP contribution < -0.4 is 5.73 Å². The van der Waals surface area contributed by atoms with Gasteiger partial charge in [0.15, 0.2) is 0 Å². The van der Waals surface area contributed by atoms with Crippen molar-refractivity contribution in [3.63, 3.8) is 0 Å². The summed E-state index contributed by atoms with van der Waals surface area (Å²) in [5.41, 5.74) is 5.56. The Bertz CT molecular complexity index is 253. The Morgan fingerprint density at radius 2 is 2.19 bits per heavy atom. The Kier molecular flexibility index (Phi) is 3.82. The first-order valence-corrected chi connectivity index (χ1v) is 6.40. The minimum absolute atomic E-state index is 0.250. The van der Waals surface area contributed by atoms with Gasteiger partial charge in [-0.15, -0.1) is 0 Å². The van der Waals surface area contributed by atoms with Gasteiger partial charge in [-0.05, 0) is 31.7 Å². The van der Waals surface area contributed by atoms with Crippen molar-refractivity contribution in [2.24, 2.45) is 11.7 Å². The molecule has 1 saturated carbocycles. The molecule has 16 heavy (non-hydrogen) atoms. The standard InChI is InChI=1S/C12H23N3O/c1-10(16)15(12-2-3-12)9-11-4-6-14(8-11)7-5-13/h11-12H,2-9,13H2,1H3/t11-/m1/s1. The highest BCUT2D eigenvalue weighted by Gasteiger charge is 2.33. The summed E-state index contributed by atoms with van der Waals surface area (Å²) in [6.07, 6.45) is 3.63. The Morgan fingerprint density at radius 1 is 1.44 bits per heavy atom. The van der Waals surface area contributed by atoms with E-state index in [4.69, 9.17) is 5.73 Å². The molecule has 4 heteroatoms. The van der Waals surface area contributed by atoms with E-state index in [1.807, 2.05) is 0 Å². The van der Waals surface area contributed by atoms with Gasteiger partial charge in [-0.1, -0.05) is 0 Å². The average molecular weight is 225 g/mol. The van der Waals surface area contributed by atoms with E-state index in [1.165, 1.54) is 19.3 Å². The van der Waals surface area contributed by atoms with Crippen molar-refractivity contribution in [3.05, 3.63) is 0 Å². The Labute approximate surface area is 97.8 Å². The molecule has 0 unspecified atom stereocenters. The Morgan fingerprint density at radius 3 is 2.75 bits per heavy atom. The lowest BCUT2D eigenvalue weighted by molar-refractivity contribution is -0.130. The molecule has 2 rings (SSSR count). The molecule has 4 nitrogen and oxygen atoms in total. The summed E-state index contributed by atoms with van der Waals surface area (Å²) in [5, 5.41) is 0. The number of likely N-dealkylation sites (tertiary alicyclic amines) is 1. The van der Waals surface area contributed by atoms with Crippen LogP contribution >= 0.6 is 0 Å². The molecule has 0 aromatic rings. The molecule has 0 aromatic carbocycles. The number of carbonyl (C=O) groups excluding carboxylic acids is 1. The maximum absolute atomic E-state index is 11.5. The van der Waals surface area contributed by atoms with E-state index in [0.717, 1.165) is 32.7 Å². The summed E-state index contributed by atoms with van der Waals surface area (Å²) in [6, 6.07) is 0.557. The van der Waals surface area contributed by atoms with E-state index in [-0.39, 0.29) is 5.91 Å². The summed E-state index contributed by atoms with van der Waals surface area (Å²) in [4.78, 5) is 16.0. The maximum Gasteiger partial charge on any atom is 0.219 e. The topological polar surface area (TPSA) is 49.6 Å². The smallest absolute Gasteiger partial charge is 0.219 e. The number of amides is 1. The predicted octanol–water partition coefficient (Wildman–Crippen LogP) is 0.278. The lowest BCUT2D eigenvalue weighted by Gasteiger charge is -2.24. The molecule has 1 aliphatic heterocycles. The molecule has 92 valence electrons. The molecule has 1 aliphatic carbocycles. The largest absolute Gasteiger partial charge is 0.340 e. The van der Waals surface area contributed by atoms with Crippen LogP contribution in [0.1, 0.15) is 26.2 Å². The number of nitrogens with two attached hydrogens (primary N) is 1. The predicted molar refractivity (Wildman–Crippen MR) is 64.0 cm³/mol. The van der Waals surface area contributed by atoms with Gasteiger partial charge in [0.1, 0.15) is 0 Å². The lowest BCUT2D eigenvalue weighted by Crippen LogP contribution is -2.36. The van der Waals surface area contributed by atoms with Crippen molar-refractivity contribution in [2.75, 3.05) is 32.7 Å². The molecule has 0 bridgehead atoms. The molecule has 1 heterocycles. The van der Waals surface area contributed by atoms with Crippen molar-refractivity contribution in [3.8, 4) is 0 Å². The number of nitrogens with zero attached hydrogens (tertiary/aromatic N) is 2. The summed E-state index contributed by atoms with van der Waals surface area (Å²) in [5.74, 6) is 0.913. The normalized spacial score (nSPS) is 26.0. The molecular formula is C12H23N3O. The van der Waals surface area contributed by atoms with Gasteiger partial charge >= 0.3 is 0 Å². The fourth-order valence-electron chi connectivity index (χ4n) is 2.65. The zero-order chi connectivity index (χ0) is 11.5.